The fourth-order valence-electron chi connectivity index (χ4n) is 2.59. The molecular formula is C12H18BrNO2S2. The molecule has 0 aromatic carbocycles. The van der Waals surface area contributed by atoms with Crippen molar-refractivity contribution >= 4 is 37.3 Å². The molecule has 0 unspecified atom stereocenters. The molecule has 0 saturated heterocycles. The van der Waals surface area contributed by atoms with Crippen LogP contribution in [0.3, 0.4) is 0 Å². The van der Waals surface area contributed by atoms with E-state index in [0.29, 0.717) is 4.21 Å². The summed E-state index contributed by atoms with van der Waals surface area (Å²) in [5.41, 5.74) is 0. The van der Waals surface area contributed by atoms with Crippen LogP contribution >= 0.6 is 27.3 Å². The summed E-state index contributed by atoms with van der Waals surface area (Å²) in [6, 6.07) is 3.67. The lowest BCUT2D eigenvalue weighted by Gasteiger charge is -2.30. The number of nitrogens with zero attached hydrogens (tertiary/aromatic N) is 1. The molecule has 1 saturated carbocycles. The van der Waals surface area contributed by atoms with Crippen LogP contribution in [0.2, 0.25) is 0 Å². The van der Waals surface area contributed by atoms with Gasteiger partial charge in [0, 0.05) is 12.1 Å². The smallest absolute Gasteiger partial charge is 0.206 e. The van der Waals surface area contributed by atoms with Crippen LogP contribution in [0.25, 0.3) is 0 Å². The maximum Gasteiger partial charge on any atom is 0.253 e. The minimum Gasteiger partial charge on any atom is -0.206 e. The van der Waals surface area contributed by atoms with Crippen LogP contribution < -0.4 is 0 Å². The highest BCUT2D eigenvalue weighted by atomic mass is 79.9. The van der Waals surface area contributed by atoms with Crippen LogP contribution in [-0.4, -0.2) is 24.8 Å². The van der Waals surface area contributed by atoms with Crippen LogP contribution in [0.5, 0.6) is 0 Å². The average molecular weight is 352 g/mol. The van der Waals surface area contributed by atoms with E-state index in [1.807, 2.05) is 13.8 Å². The van der Waals surface area contributed by atoms with Crippen molar-refractivity contribution in [2.24, 2.45) is 0 Å². The number of hydrogen-bond donors (Lipinski definition) is 0. The number of sulfonamides is 1. The third-order valence-corrected chi connectivity index (χ3v) is 7.49. The first-order valence-corrected chi connectivity index (χ1v) is 9.27. The van der Waals surface area contributed by atoms with Gasteiger partial charge in [0.1, 0.15) is 4.21 Å². The Kier molecular flexibility index (Phi) is 4.52. The molecule has 0 N–H and O–H groups in total. The summed E-state index contributed by atoms with van der Waals surface area (Å²) in [4.78, 5) is 0. The van der Waals surface area contributed by atoms with Crippen LogP contribution in [-0.2, 0) is 10.0 Å². The quantitative estimate of drug-likeness (QED) is 0.825. The third kappa shape index (κ3) is 2.81. The van der Waals surface area contributed by atoms with Gasteiger partial charge in [-0.25, -0.2) is 8.42 Å². The van der Waals surface area contributed by atoms with E-state index in [0.717, 1.165) is 29.5 Å². The van der Waals surface area contributed by atoms with Crippen molar-refractivity contribution in [2.75, 3.05) is 0 Å². The Bertz CT molecular complexity index is 504. The molecule has 102 valence electrons. The van der Waals surface area contributed by atoms with Crippen LogP contribution in [0.15, 0.2) is 20.1 Å². The third-order valence-electron chi connectivity index (χ3n) is 3.27. The fourth-order valence-corrected chi connectivity index (χ4v) is 6.59. The van der Waals surface area contributed by atoms with Gasteiger partial charge in [0.05, 0.1) is 3.79 Å². The molecule has 3 nitrogen and oxygen atoms in total. The summed E-state index contributed by atoms with van der Waals surface area (Å²) in [6.07, 6.45) is 4.25. The summed E-state index contributed by atoms with van der Waals surface area (Å²) in [5, 5.41) is 0. The Balaban J connectivity index is 2.35. The number of thiophene rings is 1. The second-order valence-corrected chi connectivity index (χ2v) is 9.46. The Morgan fingerprint density at radius 2 is 1.94 bits per heavy atom. The van der Waals surface area contributed by atoms with E-state index < -0.39 is 10.0 Å². The second kappa shape index (κ2) is 5.61. The molecule has 18 heavy (non-hydrogen) atoms. The molecule has 1 aliphatic rings. The molecule has 1 aromatic rings. The molecule has 0 amide bonds. The van der Waals surface area contributed by atoms with Gasteiger partial charge in [-0.1, -0.05) is 12.8 Å². The van der Waals surface area contributed by atoms with Gasteiger partial charge in [-0.3, -0.25) is 0 Å². The Morgan fingerprint density at radius 1 is 1.33 bits per heavy atom. The molecule has 6 heteroatoms. The molecule has 0 aliphatic heterocycles. The molecule has 2 rings (SSSR count). The van der Waals surface area contributed by atoms with E-state index in [1.54, 1.807) is 16.4 Å². The van der Waals surface area contributed by atoms with E-state index in [2.05, 4.69) is 15.9 Å². The molecular weight excluding hydrogens is 334 g/mol. The van der Waals surface area contributed by atoms with E-state index >= 15 is 0 Å². The Hall–Kier alpha value is 0.0900. The highest BCUT2D eigenvalue weighted by Crippen LogP contribution is 2.34. The molecule has 0 atom stereocenters. The van der Waals surface area contributed by atoms with Gasteiger partial charge < -0.3 is 0 Å². The standard InChI is InChI=1S/C12H18BrNO2S2/c1-9(2)14(10-5-3-4-6-10)18(15,16)12-8-7-11(13)17-12/h7-10H,3-6H2,1-2H3. The van der Waals surface area contributed by atoms with Gasteiger partial charge in [0.15, 0.2) is 0 Å². The number of halogens is 1. The summed E-state index contributed by atoms with van der Waals surface area (Å²) in [5.74, 6) is 0. The van der Waals surface area contributed by atoms with E-state index in [-0.39, 0.29) is 12.1 Å². The lowest BCUT2D eigenvalue weighted by molar-refractivity contribution is 0.276. The van der Waals surface area contributed by atoms with E-state index in [1.165, 1.54) is 11.3 Å². The zero-order valence-corrected chi connectivity index (χ0v) is 13.8. The van der Waals surface area contributed by atoms with Gasteiger partial charge in [-0.05, 0) is 54.8 Å². The van der Waals surface area contributed by atoms with Crippen molar-refractivity contribution in [3.63, 3.8) is 0 Å². The van der Waals surface area contributed by atoms with Crippen LogP contribution in [0, 0.1) is 0 Å². The minimum atomic E-state index is -3.34. The van der Waals surface area contributed by atoms with E-state index in [9.17, 15) is 8.42 Å². The van der Waals surface area contributed by atoms with Crippen molar-refractivity contribution in [3.05, 3.63) is 15.9 Å². The summed E-state index contributed by atoms with van der Waals surface area (Å²) in [6.45, 7) is 3.91. The van der Waals surface area contributed by atoms with Crippen LogP contribution in [0.1, 0.15) is 39.5 Å². The van der Waals surface area contributed by atoms with Gasteiger partial charge in [0.25, 0.3) is 10.0 Å². The van der Waals surface area contributed by atoms with Crippen molar-refractivity contribution in [2.45, 2.75) is 55.8 Å². The molecule has 0 radical (unpaired) electrons. The summed E-state index contributed by atoms with van der Waals surface area (Å²) < 4.78 is 28.4. The lowest BCUT2D eigenvalue weighted by Crippen LogP contribution is -2.43. The van der Waals surface area contributed by atoms with Gasteiger partial charge in [0.2, 0.25) is 0 Å². The maximum absolute atomic E-state index is 12.7. The van der Waals surface area contributed by atoms with Crippen molar-refractivity contribution < 1.29 is 8.42 Å². The maximum atomic E-state index is 12.7. The monoisotopic (exact) mass is 351 g/mol. The van der Waals surface area contributed by atoms with E-state index in [4.69, 9.17) is 0 Å². The molecule has 1 aliphatic carbocycles. The normalized spacial score (nSPS) is 18.1. The molecule has 0 spiro atoms. The van der Waals surface area contributed by atoms with Gasteiger partial charge in [-0.2, -0.15) is 4.31 Å². The highest BCUT2D eigenvalue weighted by Gasteiger charge is 2.35. The topological polar surface area (TPSA) is 37.4 Å². The highest BCUT2D eigenvalue weighted by molar-refractivity contribution is 9.11. The Labute approximate surface area is 121 Å². The number of hydrogen-bond acceptors (Lipinski definition) is 3. The van der Waals surface area contributed by atoms with Crippen molar-refractivity contribution in [3.8, 4) is 0 Å². The first-order valence-electron chi connectivity index (χ1n) is 6.22. The predicted molar refractivity (Wildman–Crippen MR) is 78.4 cm³/mol. The zero-order chi connectivity index (χ0) is 13.3. The first-order chi connectivity index (χ1) is 8.43. The molecule has 1 aromatic heterocycles. The lowest BCUT2D eigenvalue weighted by atomic mass is 10.2. The number of rotatable bonds is 4. The SMILES string of the molecule is CC(C)N(C1CCCC1)S(=O)(=O)c1ccc(Br)s1. The summed E-state index contributed by atoms with van der Waals surface area (Å²) in [7, 11) is -3.34. The van der Waals surface area contributed by atoms with Crippen LogP contribution in [0.4, 0.5) is 0 Å². The molecule has 1 heterocycles. The second-order valence-electron chi connectivity index (χ2n) is 4.93. The van der Waals surface area contributed by atoms with Crippen molar-refractivity contribution in [1.29, 1.82) is 0 Å². The zero-order valence-electron chi connectivity index (χ0n) is 10.6. The largest absolute Gasteiger partial charge is 0.253 e. The predicted octanol–water partition coefficient (Wildman–Crippen LogP) is 3.85. The van der Waals surface area contributed by atoms with Crippen molar-refractivity contribution in [1.82, 2.24) is 4.31 Å². The Morgan fingerprint density at radius 3 is 2.39 bits per heavy atom. The fraction of sp³-hybridized carbons (Fsp3) is 0.667. The molecule has 0 bridgehead atoms. The molecule has 1 fully saturated rings. The first kappa shape index (κ1) is 14.5. The van der Waals surface area contributed by atoms with Gasteiger partial charge >= 0.3 is 0 Å². The summed E-state index contributed by atoms with van der Waals surface area (Å²) >= 11 is 4.62. The average Bonchev–Trinajstić information content (AvgIpc) is 2.88. The minimum absolute atomic E-state index is 0.0129. The van der Waals surface area contributed by atoms with Gasteiger partial charge in [-0.15, -0.1) is 11.3 Å².